The van der Waals surface area contributed by atoms with Gasteiger partial charge in [0.2, 0.25) is 0 Å². The van der Waals surface area contributed by atoms with E-state index >= 15 is 0 Å². The van der Waals surface area contributed by atoms with E-state index in [4.69, 9.17) is 4.42 Å². The van der Waals surface area contributed by atoms with Crippen LogP contribution in [-0.2, 0) is 0 Å². The van der Waals surface area contributed by atoms with E-state index in [1.165, 1.54) is 6.39 Å². The van der Waals surface area contributed by atoms with Crippen molar-refractivity contribution in [3.05, 3.63) is 54.4 Å². The van der Waals surface area contributed by atoms with Crippen LogP contribution in [0.3, 0.4) is 0 Å². The Labute approximate surface area is 97.7 Å². The van der Waals surface area contributed by atoms with Gasteiger partial charge in [-0.3, -0.25) is 4.79 Å². The van der Waals surface area contributed by atoms with E-state index in [2.05, 4.69) is 4.98 Å². The van der Waals surface area contributed by atoms with Crippen LogP contribution in [-0.4, -0.2) is 11.3 Å². The Morgan fingerprint density at radius 1 is 1.12 bits per heavy atom. The predicted molar refractivity (Wildman–Crippen MR) is 64.8 cm³/mol. The summed E-state index contributed by atoms with van der Waals surface area (Å²) in [5.41, 5.74) is 4.16. The average molecular weight is 223 g/mol. The molecule has 0 aliphatic heterocycles. The van der Waals surface area contributed by atoms with E-state index in [9.17, 15) is 4.79 Å². The van der Waals surface area contributed by atoms with E-state index in [-0.39, 0.29) is 0 Å². The van der Waals surface area contributed by atoms with E-state index in [0.29, 0.717) is 5.56 Å². The van der Waals surface area contributed by atoms with Crippen LogP contribution in [0.4, 0.5) is 0 Å². The second kappa shape index (κ2) is 3.87. The number of nitrogens with zero attached hydrogens (tertiary/aromatic N) is 1. The van der Waals surface area contributed by atoms with Gasteiger partial charge in [0.25, 0.3) is 0 Å². The molecule has 3 heteroatoms. The number of carbonyl (C=O) groups excluding carboxylic acids is 1. The first kappa shape index (κ1) is 9.78. The largest absolute Gasteiger partial charge is 0.443 e. The van der Waals surface area contributed by atoms with E-state index < -0.39 is 0 Å². The molecule has 0 fully saturated rings. The van der Waals surface area contributed by atoms with Gasteiger partial charge in [-0.05, 0) is 17.7 Å². The zero-order valence-corrected chi connectivity index (χ0v) is 8.96. The highest BCUT2D eigenvalue weighted by Crippen LogP contribution is 2.27. The standard InChI is InChI=1S/C14H9NO2/c16-8-10-3-1-4-11(7-10)12-5-2-6-13-14(12)15-9-17-13/h1-9H. The van der Waals surface area contributed by atoms with Crippen LogP contribution < -0.4 is 0 Å². The Hall–Kier alpha value is -2.42. The van der Waals surface area contributed by atoms with Crippen molar-refractivity contribution in [3.63, 3.8) is 0 Å². The van der Waals surface area contributed by atoms with Gasteiger partial charge < -0.3 is 4.42 Å². The molecule has 17 heavy (non-hydrogen) atoms. The van der Waals surface area contributed by atoms with Gasteiger partial charge in [0.15, 0.2) is 12.0 Å². The number of rotatable bonds is 2. The maximum atomic E-state index is 10.8. The monoisotopic (exact) mass is 223 g/mol. The van der Waals surface area contributed by atoms with Gasteiger partial charge in [-0.25, -0.2) is 4.98 Å². The fourth-order valence-electron chi connectivity index (χ4n) is 1.90. The van der Waals surface area contributed by atoms with Crippen molar-refractivity contribution in [2.24, 2.45) is 0 Å². The first-order valence-corrected chi connectivity index (χ1v) is 5.26. The normalized spacial score (nSPS) is 10.6. The van der Waals surface area contributed by atoms with Gasteiger partial charge in [0.1, 0.15) is 11.8 Å². The third kappa shape index (κ3) is 1.61. The second-order valence-corrected chi connectivity index (χ2v) is 3.75. The highest BCUT2D eigenvalue weighted by molar-refractivity contribution is 5.91. The smallest absolute Gasteiger partial charge is 0.182 e. The Balaban J connectivity index is 2.26. The van der Waals surface area contributed by atoms with Crippen LogP contribution in [0.1, 0.15) is 10.4 Å². The fraction of sp³-hybridized carbons (Fsp3) is 0. The van der Waals surface area contributed by atoms with Crippen LogP contribution in [0.15, 0.2) is 53.3 Å². The van der Waals surface area contributed by atoms with Crippen molar-refractivity contribution in [3.8, 4) is 11.1 Å². The van der Waals surface area contributed by atoms with Gasteiger partial charge in [-0.1, -0.05) is 30.3 Å². The molecule has 0 bridgehead atoms. The highest BCUT2D eigenvalue weighted by atomic mass is 16.3. The molecule has 0 aliphatic rings. The summed E-state index contributed by atoms with van der Waals surface area (Å²) >= 11 is 0. The van der Waals surface area contributed by atoms with E-state index in [1.54, 1.807) is 6.07 Å². The molecule has 0 radical (unpaired) electrons. The molecule has 0 atom stereocenters. The number of aldehydes is 1. The number of carbonyl (C=O) groups is 1. The summed E-state index contributed by atoms with van der Waals surface area (Å²) in [6.07, 6.45) is 2.27. The number of oxazole rings is 1. The second-order valence-electron chi connectivity index (χ2n) is 3.75. The minimum absolute atomic E-state index is 0.656. The first-order chi connectivity index (χ1) is 8.38. The molecule has 0 saturated heterocycles. The van der Waals surface area contributed by atoms with Gasteiger partial charge >= 0.3 is 0 Å². The molecule has 82 valence electrons. The van der Waals surface area contributed by atoms with Crippen LogP contribution in [0.5, 0.6) is 0 Å². The lowest BCUT2D eigenvalue weighted by molar-refractivity contribution is 0.112. The molecule has 1 heterocycles. The quantitative estimate of drug-likeness (QED) is 0.626. The Bertz CT molecular complexity index is 685. The molecule has 0 N–H and O–H groups in total. The number of aromatic nitrogens is 1. The topological polar surface area (TPSA) is 43.1 Å². The lowest BCUT2D eigenvalue weighted by atomic mass is 10.0. The molecule has 2 aromatic carbocycles. The summed E-state index contributed by atoms with van der Waals surface area (Å²) in [5.74, 6) is 0. The van der Waals surface area contributed by atoms with Crippen molar-refractivity contribution in [1.82, 2.24) is 4.98 Å². The number of benzene rings is 2. The van der Waals surface area contributed by atoms with Crippen molar-refractivity contribution in [2.75, 3.05) is 0 Å². The zero-order valence-electron chi connectivity index (χ0n) is 8.96. The number of hydrogen-bond donors (Lipinski definition) is 0. The van der Waals surface area contributed by atoms with E-state index in [0.717, 1.165) is 28.5 Å². The van der Waals surface area contributed by atoms with Gasteiger partial charge in [-0.15, -0.1) is 0 Å². The van der Waals surface area contributed by atoms with Crippen molar-refractivity contribution < 1.29 is 9.21 Å². The highest BCUT2D eigenvalue weighted by Gasteiger charge is 2.07. The van der Waals surface area contributed by atoms with Crippen LogP contribution in [0.2, 0.25) is 0 Å². The summed E-state index contributed by atoms with van der Waals surface area (Å²) in [4.78, 5) is 15.0. The van der Waals surface area contributed by atoms with Crippen molar-refractivity contribution in [2.45, 2.75) is 0 Å². The predicted octanol–water partition coefficient (Wildman–Crippen LogP) is 3.31. The fourth-order valence-corrected chi connectivity index (χ4v) is 1.90. The van der Waals surface area contributed by atoms with Crippen LogP contribution in [0, 0.1) is 0 Å². The molecule has 0 spiro atoms. The minimum Gasteiger partial charge on any atom is -0.443 e. The molecule has 0 unspecified atom stereocenters. The molecule has 0 amide bonds. The summed E-state index contributed by atoms with van der Waals surface area (Å²) in [6, 6.07) is 13.2. The first-order valence-electron chi connectivity index (χ1n) is 5.26. The molecule has 0 saturated carbocycles. The molecule has 3 rings (SSSR count). The Morgan fingerprint density at radius 2 is 2.00 bits per heavy atom. The average Bonchev–Trinajstić information content (AvgIpc) is 2.87. The van der Waals surface area contributed by atoms with Crippen molar-refractivity contribution >= 4 is 17.4 Å². The molecule has 0 aliphatic carbocycles. The molecular weight excluding hydrogens is 214 g/mol. The van der Waals surface area contributed by atoms with Gasteiger partial charge in [0, 0.05) is 11.1 Å². The van der Waals surface area contributed by atoms with Gasteiger partial charge in [-0.2, -0.15) is 0 Å². The molecule has 3 nitrogen and oxygen atoms in total. The maximum absolute atomic E-state index is 10.8. The Morgan fingerprint density at radius 3 is 2.88 bits per heavy atom. The maximum Gasteiger partial charge on any atom is 0.182 e. The van der Waals surface area contributed by atoms with Crippen molar-refractivity contribution in [1.29, 1.82) is 0 Å². The summed E-state index contributed by atoms with van der Waals surface area (Å²) < 4.78 is 5.26. The van der Waals surface area contributed by atoms with Crippen LogP contribution >= 0.6 is 0 Å². The molecular formula is C14H9NO2. The lowest BCUT2D eigenvalue weighted by Gasteiger charge is -2.02. The minimum atomic E-state index is 0.656. The Kier molecular flexibility index (Phi) is 2.22. The summed E-state index contributed by atoms with van der Waals surface area (Å²) in [7, 11) is 0. The number of para-hydroxylation sites is 1. The third-order valence-electron chi connectivity index (χ3n) is 2.69. The molecule has 1 aromatic heterocycles. The van der Waals surface area contributed by atoms with E-state index in [1.807, 2.05) is 36.4 Å². The third-order valence-corrected chi connectivity index (χ3v) is 2.69. The lowest BCUT2D eigenvalue weighted by Crippen LogP contribution is -1.83. The zero-order chi connectivity index (χ0) is 11.7. The number of fused-ring (bicyclic) bond motifs is 1. The summed E-state index contributed by atoms with van der Waals surface area (Å²) in [5, 5.41) is 0. The van der Waals surface area contributed by atoms with Gasteiger partial charge in [0.05, 0.1) is 0 Å². The molecule has 3 aromatic rings. The SMILES string of the molecule is O=Cc1cccc(-c2cccc3ocnc23)c1. The summed E-state index contributed by atoms with van der Waals surface area (Å²) in [6.45, 7) is 0. The van der Waals surface area contributed by atoms with Crippen LogP contribution in [0.25, 0.3) is 22.2 Å². The number of hydrogen-bond acceptors (Lipinski definition) is 3.